The molecule has 1 aliphatic rings. The number of fused-ring (bicyclic) bond motifs is 1. The van der Waals surface area contributed by atoms with Crippen molar-refractivity contribution in [3.05, 3.63) is 58.0 Å². The van der Waals surface area contributed by atoms with Gasteiger partial charge < -0.3 is 0 Å². The summed E-state index contributed by atoms with van der Waals surface area (Å²) in [6.45, 7) is 7.23. The van der Waals surface area contributed by atoms with Gasteiger partial charge in [-0.2, -0.15) is 0 Å². The number of pyridine rings is 1. The average molecular weight is 460 g/mol. The molecular formula is C23H26FN3O4S. The number of imidazole rings is 1. The van der Waals surface area contributed by atoms with Gasteiger partial charge in [-0.3, -0.25) is 18.9 Å². The number of benzene rings is 1. The van der Waals surface area contributed by atoms with Crippen molar-refractivity contribution in [1.29, 1.82) is 0 Å². The number of halogens is 1. The summed E-state index contributed by atoms with van der Waals surface area (Å²) in [7, 11) is -3.12. The molecule has 0 N–H and O–H groups in total. The fourth-order valence-electron chi connectivity index (χ4n) is 4.53. The summed E-state index contributed by atoms with van der Waals surface area (Å²) in [4.78, 5) is 30.2. The van der Waals surface area contributed by atoms with E-state index in [1.807, 2.05) is 20.8 Å². The summed E-state index contributed by atoms with van der Waals surface area (Å²) in [6, 6.07) is 6.20. The lowest BCUT2D eigenvalue weighted by Crippen LogP contribution is -2.25. The molecule has 0 saturated carbocycles. The van der Waals surface area contributed by atoms with E-state index in [0.29, 0.717) is 28.7 Å². The van der Waals surface area contributed by atoms with Crippen molar-refractivity contribution in [2.45, 2.75) is 46.6 Å². The number of Topliss-reactive ketones (excluding diaryl/α,β-unsaturated/α-hetero) is 1. The zero-order valence-electron chi connectivity index (χ0n) is 18.6. The molecule has 0 amide bonds. The van der Waals surface area contributed by atoms with Gasteiger partial charge in [0.05, 0.1) is 34.4 Å². The SMILES string of the molecule is Cc1cc(-n2c(=O)n(C(C)C)c3cc(C(=O)C[C@@]4(C)CCS(=O)(=O)C4)ccc32)c(F)cn1. The Kier molecular flexibility index (Phi) is 5.35. The van der Waals surface area contributed by atoms with Gasteiger partial charge in [0.25, 0.3) is 0 Å². The minimum atomic E-state index is -3.12. The van der Waals surface area contributed by atoms with Gasteiger partial charge in [-0.1, -0.05) is 6.92 Å². The van der Waals surface area contributed by atoms with E-state index in [-0.39, 0.29) is 35.4 Å². The van der Waals surface area contributed by atoms with Crippen LogP contribution in [0.15, 0.2) is 35.3 Å². The molecule has 1 atom stereocenters. The number of nitrogens with zero attached hydrogens (tertiary/aromatic N) is 3. The Morgan fingerprint density at radius 3 is 2.59 bits per heavy atom. The third kappa shape index (κ3) is 3.90. The van der Waals surface area contributed by atoms with Crippen molar-refractivity contribution in [2.75, 3.05) is 11.5 Å². The minimum Gasteiger partial charge on any atom is -0.294 e. The number of ketones is 1. The third-order valence-electron chi connectivity index (χ3n) is 6.10. The van der Waals surface area contributed by atoms with E-state index in [9.17, 15) is 22.4 Å². The number of aromatic nitrogens is 3. The fourth-order valence-corrected chi connectivity index (χ4v) is 6.79. The van der Waals surface area contributed by atoms with E-state index in [0.717, 1.165) is 6.20 Å². The number of hydrogen-bond donors (Lipinski definition) is 0. The summed E-state index contributed by atoms with van der Waals surface area (Å²) < 4.78 is 41.2. The van der Waals surface area contributed by atoms with Gasteiger partial charge in [0.2, 0.25) is 0 Å². The van der Waals surface area contributed by atoms with E-state index < -0.39 is 26.8 Å². The highest BCUT2D eigenvalue weighted by atomic mass is 32.2. The van der Waals surface area contributed by atoms with Crippen LogP contribution < -0.4 is 5.69 Å². The summed E-state index contributed by atoms with van der Waals surface area (Å²) in [6.07, 6.45) is 1.66. The maximum atomic E-state index is 14.6. The van der Waals surface area contributed by atoms with Crippen molar-refractivity contribution in [3.8, 4) is 5.69 Å². The largest absolute Gasteiger partial charge is 0.334 e. The van der Waals surface area contributed by atoms with Crippen LogP contribution in [0, 0.1) is 18.2 Å². The fraction of sp³-hybridized carbons (Fsp3) is 0.435. The molecule has 7 nitrogen and oxygen atoms in total. The van der Waals surface area contributed by atoms with E-state index in [1.165, 1.54) is 15.2 Å². The summed E-state index contributed by atoms with van der Waals surface area (Å²) in [5.41, 5.74) is 1.10. The molecule has 1 fully saturated rings. The quantitative estimate of drug-likeness (QED) is 0.544. The van der Waals surface area contributed by atoms with Gasteiger partial charge in [-0.25, -0.2) is 17.6 Å². The molecule has 0 bridgehead atoms. The molecular weight excluding hydrogens is 433 g/mol. The maximum absolute atomic E-state index is 14.6. The molecule has 1 saturated heterocycles. The van der Waals surface area contributed by atoms with Gasteiger partial charge in [-0.05, 0) is 56.9 Å². The van der Waals surface area contributed by atoms with Crippen LogP contribution in [0.3, 0.4) is 0 Å². The topological polar surface area (TPSA) is 91.0 Å². The molecule has 9 heteroatoms. The van der Waals surface area contributed by atoms with Gasteiger partial charge in [-0.15, -0.1) is 0 Å². The second kappa shape index (κ2) is 7.65. The highest BCUT2D eigenvalue weighted by Gasteiger charge is 2.40. The van der Waals surface area contributed by atoms with Crippen LogP contribution >= 0.6 is 0 Å². The number of aryl methyl sites for hydroxylation is 1. The number of carbonyl (C=O) groups is 1. The van der Waals surface area contributed by atoms with Crippen LogP contribution in [0.2, 0.25) is 0 Å². The van der Waals surface area contributed by atoms with Crippen LogP contribution in [-0.4, -0.2) is 39.8 Å². The van der Waals surface area contributed by atoms with E-state index in [1.54, 1.807) is 25.1 Å². The first-order chi connectivity index (χ1) is 14.9. The van der Waals surface area contributed by atoms with E-state index in [4.69, 9.17) is 0 Å². The summed E-state index contributed by atoms with van der Waals surface area (Å²) >= 11 is 0. The molecule has 1 aromatic carbocycles. The maximum Gasteiger partial charge on any atom is 0.334 e. The lowest BCUT2D eigenvalue weighted by molar-refractivity contribution is 0.0934. The standard InChI is InChI=1S/C23H26FN3O4S/c1-14(2)26-20-10-16(21(28)11-23(4)7-8-32(30,31)13-23)5-6-18(20)27(22(26)29)19-9-15(3)25-12-17(19)24/h5-6,9-10,12,14H,7-8,11,13H2,1-4H3/t23-/m1/s1. The van der Waals surface area contributed by atoms with Gasteiger partial charge in [0.1, 0.15) is 0 Å². The Bertz CT molecular complexity index is 1400. The number of carbonyl (C=O) groups excluding carboxylic acids is 1. The lowest BCUT2D eigenvalue weighted by Gasteiger charge is -2.20. The summed E-state index contributed by atoms with van der Waals surface area (Å²) in [5, 5.41) is 0. The Balaban J connectivity index is 1.83. The summed E-state index contributed by atoms with van der Waals surface area (Å²) in [5.74, 6) is -0.687. The van der Waals surface area contributed by atoms with Crippen LogP contribution in [0.4, 0.5) is 4.39 Å². The van der Waals surface area contributed by atoms with Gasteiger partial charge >= 0.3 is 5.69 Å². The zero-order chi connectivity index (χ0) is 23.4. The monoisotopic (exact) mass is 459 g/mol. The average Bonchev–Trinajstić information content (AvgIpc) is 3.14. The molecule has 2 aromatic heterocycles. The second-order valence-electron chi connectivity index (χ2n) is 9.31. The van der Waals surface area contributed by atoms with Gasteiger partial charge in [0.15, 0.2) is 21.4 Å². The van der Waals surface area contributed by atoms with Crippen LogP contribution in [0.1, 0.15) is 55.7 Å². The Morgan fingerprint density at radius 2 is 1.97 bits per heavy atom. The zero-order valence-corrected chi connectivity index (χ0v) is 19.4. The highest BCUT2D eigenvalue weighted by molar-refractivity contribution is 7.91. The number of rotatable bonds is 5. The molecule has 170 valence electrons. The van der Waals surface area contributed by atoms with E-state index in [2.05, 4.69) is 4.98 Å². The first-order valence-electron chi connectivity index (χ1n) is 10.5. The molecule has 4 rings (SSSR count). The van der Waals surface area contributed by atoms with Crippen molar-refractivity contribution >= 4 is 26.7 Å². The normalized spacial score (nSPS) is 20.3. The molecule has 32 heavy (non-hydrogen) atoms. The predicted octanol–water partition coefficient (Wildman–Crippen LogP) is 3.61. The van der Waals surface area contributed by atoms with Crippen molar-refractivity contribution in [1.82, 2.24) is 14.1 Å². The van der Waals surface area contributed by atoms with Gasteiger partial charge in [0, 0.05) is 23.7 Å². The number of sulfone groups is 1. The van der Waals surface area contributed by atoms with Crippen molar-refractivity contribution in [3.63, 3.8) is 0 Å². The van der Waals surface area contributed by atoms with Crippen LogP contribution in [0.5, 0.6) is 0 Å². The third-order valence-corrected chi connectivity index (χ3v) is 8.06. The Labute approximate surface area is 185 Å². The van der Waals surface area contributed by atoms with Crippen molar-refractivity contribution < 1.29 is 17.6 Å². The Hall–Kier alpha value is -2.81. The Morgan fingerprint density at radius 1 is 1.25 bits per heavy atom. The molecule has 0 unspecified atom stereocenters. The van der Waals surface area contributed by atoms with Crippen molar-refractivity contribution in [2.24, 2.45) is 5.41 Å². The minimum absolute atomic E-state index is 0.00172. The molecule has 3 aromatic rings. The second-order valence-corrected chi connectivity index (χ2v) is 11.5. The number of hydrogen-bond acceptors (Lipinski definition) is 5. The molecule has 0 spiro atoms. The molecule has 1 aliphatic heterocycles. The molecule has 0 radical (unpaired) electrons. The first-order valence-corrected chi connectivity index (χ1v) is 12.4. The van der Waals surface area contributed by atoms with Crippen LogP contribution in [0.25, 0.3) is 16.7 Å². The van der Waals surface area contributed by atoms with Crippen LogP contribution in [-0.2, 0) is 9.84 Å². The first kappa shape index (κ1) is 22.4. The predicted molar refractivity (Wildman–Crippen MR) is 121 cm³/mol. The van der Waals surface area contributed by atoms with E-state index >= 15 is 0 Å². The lowest BCUT2D eigenvalue weighted by atomic mass is 9.83. The molecule has 0 aliphatic carbocycles. The smallest absolute Gasteiger partial charge is 0.294 e. The highest BCUT2D eigenvalue weighted by Crippen LogP contribution is 2.36. The molecule has 3 heterocycles.